The van der Waals surface area contributed by atoms with Gasteiger partial charge >= 0.3 is 0 Å². The van der Waals surface area contributed by atoms with Crippen LogP contribution in [-0.4, -0.2) is 34.8 Å². The van der Waals surface area contributed by atoms with Crippen molar-refractivity contribution in [3.05, 3.63) is 29.8 Å². The average molecular weight is 300 g/mol. The number of amidine groups is 1. The Morgan fingerprint density at radius 3 is 2.91 bits per heavy atom. The Hall–Kier alpha value is -1.88. The molecule has 3 atom stereocenters. The lowest BCUT2D eigenvalue weighted by atomic mass is 9.89. The van der Waals surface area contributed by atoms with E-state index in [4.69, 9.17) is 4.99 Å². The summed E-state index contributed by atoms with van der Waals surface area (Å²) in [6.07, 6.45) is 4.92. The summed E-state index contributed by atoms with van der Waals surface area (Å²) in [4.78, 5) is 4.85. The number of hydrogen-bond acceptors (Lipinski definition) is 5. The molecule has 22 heavy (non-hydrogen) atoms. The van der Waals surface area contributed by atoms with Crippen LogP contribution in [0, 0.1) is 0 Å². The molecule has 0 radical (unpaired) electrons. The van der Waals surface area contributed by atoms with Gasteiger partial charge in [0.25, 0.3) is 0 Å². The molecule has 0 aromatic heterocycles. The van der Waals surface area contributed by atoms with Crippen LogP contribution in [0.25, 0.3) is 0 Å². The van der Waals surface area contributed by atoms with Gasteiger partial charge in [-0.1, -0.05) is 25.0 Å². The highest BCUT2D eigenvalue weighted by Gasteiger charge is 2.31. The van der Waals surface area contributed by atoms with Crippen molar-refractivity contribution in [1.82, 2.24) is 10.7 Å². The zero-order valence-electron chi connectivity index (χ0n) is 13.2. The third kappa shape index (κ3) is 3.14. The van der Waals surface area contributed by atoms with Crippen molar-refractivity contribution in [1.29, 1.82) is 0 Å². The van der Waals surface area contributed by atoms with Crippen LogP contribution in [0.2, 0.25) is 0 Å². The summed E-state index contributed by atoms with van der Waals surface area (Å²) in [5.74, 6) is 1.13. The van der Waals surface area contributed by atoms with Crippen LogP contribution in [0.15, 0.2) is 34.4 Å². The summed E-state index contributed by atoms with van der Waals surface area (Å²) in [7, 11) is 0. The minimum atomic E-state index is 0.181. The van der Waals surface area contributed by atoms with E-state index in [1.54, 1.807) is 12.1 Å². The summed E-state index contributed by atoms with van der Waals surface area (Å²) >= 11 is 0. The Morgan fingerprint density at radius 1 is 1.32 bits per heavy atom. The molecule has 0 spiro atoms. The molecule has 1 aromatic carbocycles. The summed E-state index contributed by atoms with van der Waals surface area (Å²) in [5, 5.41) is 17.9. The maximum absolute atomic E-state index is 9.87. The number of fused-ring (bicyclic) bond motifs is 1. The zero-order valence-corrected chi connectivity index (χ0v) is 13.2. The van der Waals surface area contributed by atoms with E-state index in [1.807, 2.05) is 19.1 Å². The van der Waals surface area contributed by atoms with Crippen LogP contribution in [-0.2, 0) is 0 Å². The minimum absolute atomic E-state index is 0.181. The molecule has 0 bridgehead atoms. The van der Waals surface area contributed by atoms with E-state index in [0.29, 0.717) is 12.1 Å². The molecule has 118 valence electrons. The number of aromatic hydroxyl groups is 1. The standard InChI is InChI=1S/C17H24N4O/c1-11(13-7-3-6-10-16(13)22)20-21-17-12(2)18-14-8-4-5-9-15(14)19-17/h3,6-7,10,12,14-15,18,22H,4-5,8-9H2,1-2H3,(H,19,21)/b20-11+. The van der Waals surface area contributed by atoms with Gasteiger partial charge < -0.3 is 10.4 Å². The van der Waals surface area contributed by atoms with Gasteiger partial charge in [0.1, 0.15) is 11.6 Å². The zero-order chi connectivity index (χ0) is 15.5. The number of phenols is 1. The quantitative estimate of drug-likeness (QED) is 0.580. The molecule has 1 heterocycles. The first-order valence-corrected chi connectivity index (χ1v) is 8.07. The van der Waals surface area contributed by atoms with Crippen molar-refractivity contribution < 1.29 is 5.11 Å². The van der Waals surface area contributed by atoms with E-state index < -0.39 is 0 Å². The van der Waals surface area contributed by atoms with E-state index >= 15 is 0 Å². The second-order valence-corrected chi connectivity index (χ2v) is 6.19. The number of nitrogens with one attached hydrogen (secondary N) is 2. The first-order valence-electron chi connectivity index (χ1n) is 8.07. The van der Waals surface area contributed by atoms with Crippen LogP contribution >= 0.6 is 0 Å². The first kappa shape index (κ1) is 15.0. The first-order chi connectivity index (χ1) is 10.6. The van der Waals surface area contributed by atoms with Crippen LogP contribution < -0.4 is 10.7 Å². The van der Waals surface area contributed by atoms with Crippen LogP contribution in [0.5, 0.6) is 5.75 Å². The third-order valence-corrected chi connectivity index (χ3v) is 4.54. The summed E-state index contributed by atoms with van der Waals surface area (Å²) in [6, 6.07) is 8.29. The van der Waals surface area contributed by atoms with E-state index in [2.05, 4.69) is 22.8 Å². The second-order valence-electron chi connectivity index (χ2n) is 6.19. The molecule has 2 aliphatic rings. The highest BCUT2D eigenvalue weighted by atomic mass is 16.3. The number of benzene rings is 1. The lowest BCUT2D eigenvalue weighted by Gasteiger charge is -2.37. The van der Waals surface area contributed by atoms with E-state index in [1.165, 1.54) is 19.3 Å². The number of nitrogens with zero attached hydrogens (tertiary/aromatic N) is 2. The summed E-state index contributed by atoms with van der Waals surface area (Å²) in [5.41, 5.74) is 4.58. The predicted molar refractivity (Wildman–Crippen MR) is 89.5 cm³/mol. The molecule has 1 saturated carbocycles. The molecule has 1 aliphatic heterocycles. The molecule has 5 nitrogen and oxygen atoms in total. The second kappa shape index (κ2) is 6.48. The third-order valence-electron chi connectivity index (χ3n) is 4.54. The number of hydrogen-bond donors (Lipinski definition) is 3. The number of aliphatic imine (C=N–C) groups is 1. The van der Waals surface area contributed by atoms with Crippen molar-refractivity contribution in [3.8, 4) is 5.75 Å². The summed E-state index contributed by atoms with van der Waals surface area (Å²) in [6.45, 7) is 3.99. The van der Waals surface area contributed by atoms with Crippen molar-refractivity contribution in [2.75, 3.05) is 0 Å². The SMILES string of the molecule is C/C(=N\NC1=NC2CCCCC2NC1C)c1ccccc1O. The van der Waals surface area contributed by atoms with Gasteiger partial charge in [0.05, 0.1) is 17.8 Å². The molecule has 1 fully saturated rings. The van der Waals surface area contributed by atoms with Gasteiger partial charge in [-0.15, -0.1) is 0 Å². The fraction of sp³-hybridized carbons (Fsp3) is 0.529. The number of para-hydroxylation sites is 1. The van der Waals surface area contributed by atoms with Gasteiger partial charge in [-0.2, -0.15) is 5.10 Å². The Bertz CT molecular complexity index is 596. The fourth-order valence-electron chi connectivity index (χ4n) is 3.26. The largest absolute Gasteiger partial charge is 0.507 e. The lowest BCUT2D eigenvalue weighted by Crippen LogP contribution is -2.55. The molecule has 1 aromatic rings. The van der Waals surface area contributed by atoms with Gasteiger partial charge in [-0.3, -0.25) is 10.4 Å². The lowest BCUT2D eigenvalue weighted by molar-refractivity contribution is 0.306. The van der Waals surface area contributed by atoms with E-state index in [0.717, 1.165) is 23.5 Å². The maximum Gasteiger partial charge on any atom is 0.134 e. The Balaban J connectivity index is 1.73. The van der Waals surface area contributed by atoms with E-state index in [9.17, 15) is 5.11 Å². The average Bonchev–Trinajstić information content (AvgIpc) is 2.53. The Morgan fingerprint density at radius 2 is 2.09 bits per heavy atom. The van der Waals surface area contributed by atoms with Crippen molar-refractivity contribution in [2.45, 2.75) is 57.7 Å². The Kier molecular flexibility index (Phi) is 4.43. The molecule has 5 heteroatoms. The monoisotopic (exact) mass is 300 g/mol. The normalized spacial score (nSPS) is 28.7. The smallest absolute Gasteiger partial charge is 0.134 e. The van der Waals surface area contributed by atoms with Gasteiger partial charge in [-0.25, -0.2) is 0 Å². The van der Waals surface area contributed by atoms with Crippen molar-refractivity contribution >= 4 is 11.5 Å². The minimum Gasteiger partial charge on any atom is -0.507 e. The molecular weight excluding hydrogens is 276 g/mol. The number of phenolic OH excluding ortho intramolecular Hbond substituents is 1. The van der Waals surface area contributed by atoms with Gasteiger partial charge in [-0.05, 0) is 38.8 Å². The molecule has 3 N–H and O–H groups in total. The maximum atomic E-state index is 9.87. The number of rotatable bonds is 2. The Labute approximate surface area is 131 Å². The molecule has 0 saturated heterocycles. The fourth-order valence-corrected chi connectivity index (χ4v) is 3.26. The molecule has 3 unspecified atom stereocenters. The van der Waals surface area contributed by atoms with Crippen LogP contribution in [0.4, 0.5) is 0 Å². The van der Waals surface area contributed by atoms with Gasteiger partial charge in [0, 0.05) is 11.6 Å². The van der Waals surface area contributed by atoms with Crippen LogP contribution in [0.3, 0.4) is 0 Å². The molecule has 0 amide bonds. The predicted octanol–water partition coefficient (Wildman–Crippen LogP) is 2.41. The molecule has 3 rings (SSSR count). The summed E-state index contributed by atoms with van der Waals surface area (Å²) < 4.78 is 0. The van der Waals surface area contributed by atoms with Gasteiger partial charge in [0.15, 0.2) is 0 Å². The molecule has 1 aliphatic carbocycles. The van der Waals surface area contributed by atoms with Crippen LogP contribution in [0.1, 0.15) is 45.1 Å². The molecular formula is C17H24N4O. The highest BCUT2D eigenvalue weighted by Crippen LogP contribution is 2.24. The van der Waals surface area contributed by atoms with E-state index in [-0.39, 0.29) is 11.8 Å². The topological polar surface area (TPSA) is 69.0 Å². The van der Waals surface area contributed by atoms with Gasteiger partial charge in [0.2, 0.25) is 0 Å². The van der Waals surface area contributed by atoms with Crippen molar-refractivity contribution in [3.63, 3.8) is 0 Å². The number of hydrazone groups is 1. The highest BCUT2D eigenvalue weighted by molar-refractivity contribution is 6.01. The van der Waals surface area contributed by atoms with Crippen molar-refractivity contribution in [2.24, 2.45) is 10.1 Å².